The molecule has 0 N–H and O–H groups in total. The van der Waals surface area contributed by atoms with E-state index >= 15 is 0 Å². The maximum atomic E-state index is 13.5. The zero-order valence-corrected chi connectivity index (χ0v) is 10.8. The van der Waals surface area contributed by atoms with Gasteiger partial charge in [0.1, 0.15) is 11.6 Å². The number of ether oxygens (including phenoxy) is 1. The fraction of sp³-hybridized carbons (Fsp3) is 0.571. The second-order valence-electron chi connectivity index (χ2n) is 5.08. The Morgan fingerprint density at radius 3 is 2.38 bits per heavy atom. The predicted molar refractivity (Wildman–Crippen MR) is 65.5 cm³/mol. The molecule has 1 rings (SSSR count). The molecule has 2 heteroatoms. The molecule has 0 saturated heterocycles. The number of hydrogen-bond donors (Lipinski definition) is 0. The molecular formula is C14H21FO. The molecule has 1 nitrogen and oxygen atoms in total. The SMILES string of the molecule is CCC(C)(C)c1cc(F)cc(OC(C)C)c1. The van der Waals surface area contributed by atoms with Gasteiger partial charge in [-0.25, -0.2) is 4.39 Å². The molecule has 0 amide bonds. The summed E-state index contributed by atoms with van der Waals surface area (Å²) in [7, 11) is 0. The van der Waals surface area contributed by atoms with Crippen LogP contribution in [0.2, 0.25) is 0 Å². The van der Waals surface area contributed by atoms with Crippen LogP contribution in [0.4, 0.5) is 4.39 Å². The van der Waals surface area contributed by atoms with Gasteiger partial charge in [-0.1, -0.05) is 20.8 Å². The third-order valence-corrected chi connectivity index (χ3v) is 2.91. The first kappa shape index (κ1) is 13.0. The summed E-state index contributed by atoms with van der Waals surface area (Å²) in [5.41, 5.74) is 0.975. The van der Waals surface area contributed by atoms with E-state index in [0.717, 1.165) is 12.0 Å². The van der Waals surface area contributed by atoms with Gasteiger partial charge >= 0.3 is 0 Å². The van der Waals surface area contributed by atoms with Crippen molar-refractivity contribution in [2.24, 2.45) is 0 Å². The zero-order valence-electron chi connectivity index (χ0n) is 10.8. The fourth-order valence-corrected chi connectivity index (χ4v) is 1.50. The first-order valence-corrected chi connectivity index (χ1v) is 5.83. The van der Waals surface area contributed by atoms with Crippen molar-refractivity contribution in [2.75, 3.05) is 0 Å². The lowest BCUT2D eigenvalue weighted by molar-refractivity contribution is 0.240. The summed E-state index contributed by atoms with van der Waals surface area (Å²) < 4.78 is 19.0. The average molecular weight is 224 g/mol. The van der Waals surface area contributed by atoms with Crippen LogP contribution >= 0.6 is 0 Å². The lowest BCUT2D eigenvalue weighted by Gasteiger charge is -2.24. The molecule has 0 aliphatic rings. The van der Waals surface area contributed by atoms with Crippen LogP contribution in [0.1, 0.15) is 46.6 Å². The highest BCUT2D eigenvalue weighted by atomic mass is 19.1. The van der Waals surface area contributed by atoms with E-state index in [-0.39, 0.29) is 17.3 Å². The van der Waals surface area contributed by atoms with Gasteiger partial charge < -0.3 is 4.74 Å². The first-order valence-electron chi connectivity index (χ1n) is 5.83. The van der Waals surface area contributed by atoms with Crippen LogP contribution in [0.3, 0.4) is 0 Å². The molecule has 0 radical (unpaired) electrons. The van der Waals surface area contributed by atoms with Crippen molar-refractivity contribution in [1.82, 2.24) is 0 Å². The van der Waals surface area contributed by atoms with Crippen molar-refractivity contribution in [2.45, 2.75) is 52.6 Å². The Kier molecular flexibility index (Phi) is 3.95. The van der Waals surface area contributed by atoms with Crippen molar-refractivity contribution < 1.29 is 9.13 Å². The average Bonchev–Trinajstić information content (AvgIpc) is 2.15. The van der Waals surface area contributed by atoms with Gasteiger partial charge in [0.15, 0.2) is 0 Å². The molecule has 0 unspecified atom stereocenters. The van der Waals surface area contributed by atoms with Crippen molar-refractivity contribution in [1.29, 1.82) is 0 Å². The van der Waals surface area contributed by atoms with E-state index in [0.29, 0.717) is 5.75 Å². The lowest BCUT2D eigenvalue weighted by Crippen LogP contribution is -2.16. The fourth-order valence-electron chi connectivity index (χ4n) is 1.50. The largest absolute Gasteiger partial charge is 0.491 e. The zero-order chi connectivity index (χ0) is 12.3. The first-order chi connectivity index (χ1) is 7.35. The minimum atomic E-state index is -0.227. The van der Waals surface area contributed by atoms with Gasteiger partial charge in [0.2, 0.25) is 0 Å². The molecule has 0 aliphatic heterocycles. The molecule has 0 heterocycles. The minimum Gasteiger partial charge on any atom is -0.491 e. The van der Waals surface area contributed by atoms with Gasteiger partial charge in [-0.05, 0) is 43.4 Å². The van der Waals surface area contributed by atoms with E-state index in [1.54, 1.807) is 6.07 Å². The van der Waals surface area contributed by atoms with Crippen molar-refractivity contribution >= 4 is 0 Å². The Labute approximate surface area is 97.6 Å². The van der Waals surface area contributed by atoms with E-state index in [1.165, 1.54) is 6.07 Å². The van der Waals surface area contributed by atoms with Crippen LogP contribution < -0.4 is 4.74 Å². The summed E-state index contributed by atoms with van der Waals surface area (Å²) >= 11 is 0. The Balaban J connectivity index is 3.07. The molecule has 0 atom stereocenters. The summed E-state index contributed by atoms with van der Waals surface area (Å²) in [6.07, 6.45) is 1.04. The second kappa shape index (κ2) is 4.86. The van der Waals surface area contributed by atoms with Crippen molar-refractivity contribution in [3.63, 3.8) is 0 Å². The van der Waals surface area contributed by atoms with Crippen molar-refractivity contribution in [3.8, 4) is 5.75 Å². The molecule has 0 aromatic heterocycles. The number of halogens is 1. The topological polar surface area (TPSA) is 9.23 Å². The molecule has 90 valence electrons. The Morgan fingerprint density at radius 2 is 1.88 bits per heavy atom. The van der Waals surface area contributed by atoms with E-state index in [9.17, 15) is 4.39 Å². The minimum absolute atomic E-state index is 0.0167. The molecule has 0 aliphatic carbocycles. The van der Waals surface area contributed by atoms with E-state index in [2.05, 4.69) is 20.8 Å². The van der Waals surface area contributed by atoms with Gasteiger partial charge in [-0.2, -0.15) is 0 Å². The number of benzene rings is 1. The maximum Gasteiger partial charge on any atom is 0.127 e. The molecule has 1 aromatic carbocycles. The normalized spacial score (nSPS) is 11.9. The van der Waals surface area contributed by atoms with E-state index in [4.69, 9.17) is 4.74 Å². The predicted octanol–water partition coefficient (Wildman–Crippen LogP) is 4.30. The number of rotatable bonds is 4. The van der Waals surface area contributed by atoms with Crippen LogP contribution in [-0.2, 0) is 5.41 Å². The standard InChI is InChI=1S/C14H21FO/c1-6-14(4,5)11-7-12(15)9-13(8-11)16-10(2)3/h7-10H,6H2,1-5H3. The van der Waals surface area contributed by atoms with Crippen LogP contribution in [-0.4, -0.2) is 6.10 Å². The molecule has 0 spiro atoms. The van der Waals surface area contributed by atoms with Crippen LogP contribution in [0.25, 0.3) is 0 Å². The molecule has 16 heavy (non-hydrogen) atoms. The van der Waals surface area contributed by atoms with Gasteiger partial charge in [0.25, 0.3) is 0 Å². The van der Waals surface area contributed by atoms with Crippen LogP contribution in [0.15, 0.2) is 18.2 Å². The second-order valence-corrected chi connectivity index (χ2v) is 5.08. The van der Waals surface area contributed by atoms with E-state index < -0.39 is 0 Å². The van der Waals surface area contributed by atoms with E-state index in [1.807, 2.05) is 19.9 Å². The van der Waals surface area contributed by atoms with Gasteiger partial charge in [0, 0.05) is 6.07 Å². The summed E-state index contributed by atoms with van der Waals surface area (Å²) in [6, 6.07) is 4.97. The Morgan fingerprint density at radius 1 is 1.25 bits per heavy atom. The third-order valence-electron chi connectivity index (χ3n) is 2.91. The summed E-state index contributed by atoms with van der Waals surface area (Å²) in [5.74, 6) is 0.390. The van der Waals surface area contributed by atoms with Crippen molar-refractivity contribution in [3.05, 3.63) is 29.6 Å². The third kappa shape index (κ3) is 3.22. The highest BCUT2D eigenvalue weighted by molar-refractivity contribution is 5.34. The van der Waals surface area contributed by atoms with Gasteiger partial charge in [0.05, 0.1) is 6.10 Å². The van der Waals surface area contributed by atoms with Gasteiger partial charge in [-0.15, -0.1) is 0 Å². The highest BCUT2D eigenvalue weighted by Crippen LogP contribution is 2.30. The summed E-state index contributed by atoms with van der Waals surface area (Å²) in [6.45, 7) is 10.2. The monoisotopic (exact) mass is 224 g/mol. The molecule has 0 saturated carbocycles. The maximum absolute atomic E-state index is 13.5. The quantitative estimate of drug-likeness (QED) is 0.741. The van der Waals surface area contributed by atoms with Crippen LogP contribution in [0.5, 0.6) is 5.75 Å². The number of hydrogen-bond acceptors (Lipinski definition) is 1. The highest BCUT2D eigenvalue weighted by Gasteiger charge is 2.19. The molecule has 1 aromatic rings. The lowest BCUT2D eigenvalue weighted by atomic mass is 9.82. The summed E-state index contributed by atoms with van der Waals surface area (Å²) in [5, 5.41) is 0. The molecule has 0 fully saturated rings. The Bertz CT molecular complexity index is 356. The Hall–Kier alpha value is -1.05. The molecule has 0 bridgehead atoms. The smallest absolute Gasteiger partial charge is 0.127 e. The van der Waals surface area contributed by atoms with Crippen LogP contribution in [0, 0.1) is 5.82 Å². The summed E-state index contributed by atoms with van der Waals surface area (Å²) in [4.78, 5) is 0. The molecular weight excluding hydrogens is 203 g/mol. The van der Waals surface area contributed by atoms with Gasteiger partial charge in [-0.3, -0.25) is 0 Å².